The summed E-state index contributed by atoms with van der Waals surface area (Å²) in [6.07, 6.45) is 2.36. The summed E-state index contributed by atoms with van der Waals surface area (Å²) in [7, 11) is 1.67. The van der Waals surface area contributed by atoms with Crippen LogP contribution < -0.4 is 5.32 Å². The highest BCUT2D eigenvalue weighted by Crippen LogP contribution is 2.40. The lowest BCUT2D eigenvalue weighted by molar-refractivity contribution is -0.131. The largest absolute Gasteiger partial charge is 0.467 e. The second-order valence-corrected chi connectivity index (χ2v) is 13.9. The molecule has 46 heavy (non-hydrogen) atoms. The molecule has 0 saturated heterocycles. The minimum atomic E-state index is -0.781. The molecule has 4 heterocycles. The lowest BCUT2D eigenvalue weighted by Gasteiger charge is -2.24. The van der Waals surface area contributed by atoms with Gasteiger partial charge in [0.25, 0.3) is 6.47 Å². The molecule has 2 unspecified atom stereocenters. The summed E-state index contributed by atoms with van der Waals surface area (Å²) in [5, 5.41) is 5.19. The topological polar surface area (TPSA) is 135 Å². The smallest absolute Gasteiger partial charge is 0.408 e. The van der Waals surface area contributed by atoms with E-state index in [9.17, 15) is 14.4 Å². The summed E-state index contributed by atoms with van der Waals surface area (Å²) in [6, 6.07) is 7.19. The minimum Gasteiger partial charge on any atom is -0.467 e. The monoisotopic (exact) mass is 649 g/mol. The fourth-order valence-corrected chi connectivity index (χ4v) is 6.23. The van der Waals surface area contributed by atoms with Crippen molar-refractivity contribution in [2.24, 2.45) is 5.41 Å². The molecule has 2 atom stereocenters. The zero-order valence-corrected chi connectivity index (χ0v) is 28.6. The zero-order valence-electron chi connectivity index (χ0n) is 27.7. The van der Waals surface area contributed by atoms with E-state index < -0.39 is 23.2 Å². The Kier molecular flexibility index (Phi) is 10.9. The van der Waals surface area contributed by atoms with Crippen LogP contribution in [0.2, 0.25) is 0 Å². The van der Waals surface area contributed by atoms with Gasteiger partial charge in [0, 0.05) is 48.2 Å². The molecule has 246 valence electrons. The van der Waals surface area contributed by atoms with Gasteiger partial charge in [0.2, 0.25) is 0 Å². The number of amides is 1. The van der Waals surface area contributed by atoms with E-state index in [4.69, 9.17) is 29.2 Å². The number of carbonyl (C=O) groups is 3. The number of hydrogen-bond acceptors (Lipinski definition) is 10. The maximum absolute atomic E-state index is 12.2. The van der Waals surface area contributed by atoms with Gasteiger partial charge in [0.1, 0.15) is 11.9 Å². The first-order chi connectivity index (χ1) is 21.8. The Morgan fingerprint density at radius 2 is 1.87 bits per heavy atom. The zero-order chi connectivity index (χ0) is 33.6. The quantitative estimate of drug-likeness (QED) is 0.156. The van der Waals surface area contributed by atoms with Crippen molar-refractivity contribution in [3.63, 3.8) is 0 Å². The van der Waals surface area contributed by atoms with Gasteiger partial charge in [-0.25, -0.2) is 14.8 Å². The van der Waals surface area contributed by atoms with Crippen LogP contribution >= 0.6 is 11.3 Å². The van der Waals surface area contributed by atoms with E-state index in [1.165, 1.54) is 11.3 Å². The first-order valence-corrected chi connectivity index (χ1v) is 16.1. The lowest BCUT2D eigenvalue weighted by atomic mass is 9.85. The highest BCUT2D eigenvalue weighted by molar-refractivity contribution is 7.10. The number of alkyl carbamates (subject to hydrolysis) is 1. The third-order valence-corrected chi connectivity index (χ3v) is 8.30. The van der Waals surface area contributed by atoms with Crippen molar-refractivity contribution in [3.8, 4) is 22.6 Å². The van der Waals surface area contributed by atoms with Crippen LogP contribution in [0.1, 0.15) is 70.8 Å². The van der Waals surface area contributed by atoms with Crippen molar-refractivity contribution in [1.82, 2.24) is 24.8 Å². The molecule has 0 aliphatic carbocycles. The SMILES string of the molecule is CCn1c(-c2cccnc2C(C)OC)c(CC(C)(C)COC=O)c2nc(-c3csc(CC(C=O)NC(=O)OC(C)(C)C)n3)ccc21. The summed E-state index contributed by atoms with van der Waals surface area (Å²) in [5.41, 5.74) is 5.83. The van der Waals surface area contributed by atoms with Crippen molar-refractivity contribution < 1.29 is 28.6 Å². The van der Waals surface area contributed by atoms with Crippen molar-refractivity contribution in [2.45, 2.75) is 85.6 Å². The molecule has 0 fully saturated rings. The molecule has 1 N–H and O–H groups in total. The van der Waals surface area contributed by atoms with E-state index in [1.54, 1.807) is 34.1 Å². The molecule has 0 spiro atoms. The molecule has 4 rings (SSSR count). The molecule has 11 nitrogen and oxygen atoms in total. The Labute approximate surface area is 273 Å². The van der Waals surface area contributed by atoms with Crippen molar-refractivity contribution >= 4 is 41.2 Å². The molecule has 0 aliphatic rings. The third kappa shape index (κ3) is 8.16. The average Bonchev–Trinajstić information content (AvgIpc) is 3.60. The molecule has 0 aliphatic heterocycles. The number of ether oxygens (including phenoxy) is 3. The van der Waals surface area contributed by atoms with Crippen LogP contribution in [0, 0.1) is 5.41 Å². The molecule has 4 aromatic heterocycles. The van der Waals surface area contributed by atoms with Gasteiger partial charge in [-0.3, -0.25) is 9.78 Å². The van der Waals surface area contributed by atoms with Crippen LogP contribution in [0.4, 0.5) is 4.79 Å². The number of rotatable bonds is 14. The number of aryl methyl sites for hydroxylation is 1. The number of thiazole rings is 1. The van der Waals surface area contributed by atoms with Crippen LogP contribution in [0.3, 0.4) is 0 Å². The summed E-state index contributed by atoms with van der Waals surface area (Å²) in [6.45, 7) is 14.9. The predicted molar refractivity (Wildman–Crippen MR) is 178 cm³/mol. The Hall–Kier alpha value is -4.16. The highest BCUT2D eigenvalue weighted by Gasteiger charge is 2.29. The normalized spacial score (nSPS) is 13.3. The number of nitrogens with one attached hydrogen (secondary N) is 1. The molecular formula is C34H43N5O6S. The van der Waals surface area contributed by atoms with Crippen molar-refractivity contribution in [1.29, 1.82) is 0 Å². The number of carbonyl (C=O) groups excluding carboxylic acids is 3. The molecule has 0 aromatic carbocycles. The third-order valence-electron chi connectivity index (χ3n) is 7.43. The van der Waals surface area contributed by atoms with Gasteiger partial charge in [-0.15, -0.1) is 11.3 Å². The number of nitrogens with zero attached hydrogens (tertiary/aromatic N) is 4. The van der Waals surface area contributed by atoms with Crippen LogP contribution in [0.15, 0.2) is 35.8 Å². The molecular weight excluding hydrogens is 606 g/mol. The molecule has 12 heteroatoms. The fourth-order valence-electron chi connectivity index (χ4n) is 5.38. The predicted octanol–water partition coefficient (Wildman–Crippen LogP) is 6.33. The molecule has 1 amide bonds. The van der Waals surface area contributed by atoms with Crippen LogP contribution in [0.25, 0.3) is 33.7 Å². The summed E-state index contributed by atoms with van der Waals surface area (Å²) in [5.74, 6) is 0. The summed E-state index contributed by atoms with van der Waals surface area (Å²) >= 11 is 1.40. The van der Waals surface area contributed by atoms with Gasteiger partial charge in [-0.1, -0.05) is 13.8 Å². The Morgan fingerprint density at radius 1 is 1.11 bits per heavy atom. The number of aldehydes is 1. The van der Waals surface area contributed by atoms with Crippen LogP contribution in [-0.2, 0) is 43.2 Å². The van der Waals surface area contributed by atoms with E-state index in [0.717, 1.165) is 33.5 Å². The van der Waals surface area contributed by atoms with Gasteiger partial charge in [-0.2, -0.15) is 0 Å². The maximum atomic E-state index is 12.2. The number of aromatic nitrogens is 4. The summed E-state index contributed by atoms with van der Waals surface area (Å²) in [4.78, 5) is 49.7. The second-order valence-electron chi connectivity index (χ2n) is 12.9. The highest BCUT2D eigenvalue weighted by atomic mass is 32.1. The standard InChI is InChI=1S/C34H43N5O6S/c1-9-39-27-13-12-25(26-18-46-28(37-26)15-22(17-40)36-32(42)45-33(3,4)5)38-30(27)24(16-34(6,7)19-44-20-41)31(39)23-11-10-14-35-29(23)21(2)43-8/h10-14,17-18,20-22H,9,15-16,19H2,1-8H3,(H,36,42). The molecule has 0 bridgehead atoms. The van der Waals surface area contributed by atoms with Gasteiger partial charge in [0.05, 0.1) is 57.6 Å². The van der Waals surface area contributed by atoms with E-state index in [0.29, 0.717) is 42.1 Å². The Balaban J connectivity index is 1.79. The summed E-state index contributed by atoms with van der Waals surface area (Å²) < 4.78 is 18.4. The van der Waals surface area contributed by atoms with Gasteiger partial charge in [-0.05, 0) is 65.3 Å². The van der Waals surface area contributed by atoms with Crippen molar-refractivity contribution in [2.75, 3.05) is 13.7 Å². The van der Waals surface area contributed by atoms with E-state index >= 15 is 0 Å². The van der Waals surface area contributed by atoms with Gasteiger partial charge >= 0.3 is 6.09 Å². The minimum absolute atomic E-state index is 0.226. The maximum Gasteiger partial charge on any atom is 0.408 e. The van der Waals surface area contributed by atoms with Crippen LogP contribution in [0.5, 0.6) is 0 Å². The first-order valence-electron chi connectivity index (χ1n) is 15.3. The Bertz CT molecular complexity index is 1690. The van der Waals surface area contributed by atoms with E-state index in [1.807, 2.05) is 24.4 Å². The lowest BCUT2D eigenvalue weighted by Crippen LogP contribution is -2.41. The molecule has 0 saturated carbocycles. The van der Waals surface area contributed by atoms with Crippen molar-refractivity contribution in [3.05, 3.63) is 52.1 Å². The number of methoxy groups -OCH3 is 1. The van der Waals surface area contributed by atoms with Gasteiger partial charge < -0.3 is 28.9 Å². The number of pyridine rings is 2. The first kappa shape index (κ1) is 34.7. The fraction of sp³-hybridized carbons (Fsp3) is 0.471. The second kappa shape index (κ2) is 14.5. The molecule has 0 radical (unpaired) electrons. The number of fused-ring (bicyclic) bond motifs is 1. The van der Waals surface area contributed by atoms with Crippen LogP contribution in [-0.4, -0.2) is 63.7 Å². The average molecular weight is 650 g/mol. The molecule has 4 aromatic rings. The van der Waals surface area contributed by atoms with E-state index in [2.05, 4.69) is 42.8 Å². The van der Waals surface area contributed by atoms with E-state index in [-0.39, 0.29) is 19.1 Å². The van der Waals surface area contributed by atoms with Gasteiger partial charge in [0.15, 0.2) is 0 Å². The Morgan fingerprint density at radius 3 is 2.52 bits per heavy atom. The number of hydrogen-bond donors (Lipinski definition) is 1.